The molecule has 1 saturated carbocycles. The number of carbonyl (C=O) groups is 2. The van der Waals surface area contributed by atoms with E-state index in [9.17, 15) is 9.59 Å². The molecule has 1 heterocycles. The first kappa shape index (κ1) is 12.7. The van der Waals surface area contributed by atoms with Crippen LogP contribution in [-0.4, -0.2) is 28.5 Å². The number of fused-ring (bicyclic) bond motifs is 1. The number of aliphatic carboxylic acids is 1. The molecule has 0 radical (unpaired) electrons. The van der Waals surface area contributed by atoms with Gasteiger partial charge in [0.05, 0.1) is 11.0 Å². The van der Waals surface area contributed by atoms with Crippen molar-refractivity contribution in [3.8, 4) is 0 Å². The lowest BCUT2D eigenvalue weighted by Gasteiger charge is -2.11. The van der Waals surface area contributed by atoms with E-state index in [-0.39, 0.29) is 12.5 Å². The van der Waals surface area contributed by atoms with Crippen LogP contribution in [0.25, 0.3) is 10.9 Å². The second kappa shape index (κ2) is 4.37. The van der Waals surface area contributed by atoms with E-state index in [1.807, 2.05) is 31.2 Å². The van der Waals surface area contributed by atoms with Gasteiger partial charge in [0.2, 0.25) is 0 Å². The summed E-state index contributed by atoms with van der Waals surface area (Å²) in [6.45, 7) is 2.04. The van der Waals surface area contributed by atoms with Gasteiger partial charge in [-0.1, -0.05) is 18.2 Å². The fourth-order valence-corrected chi connectivity index (χ4v) is 2.52. The van der Waals surface area contributed by atoms with E-state index in [0.29, 0.717) is 18.4 Å². The van der Waals surface area contributed by atoms with Crippen molar-refractivity contribution in [2.75, 3.05) is 6.54 Å². The normalized spacial score (nSPS) is 16.1. The molecule has 1 aliphatic rings. The Bertz CT molecular complexity index is 698. The number of nitrogens with one attached hydrogen (secondary N) is 2. The Balaban J connectivity index is 1.83. The quantitative estimate of drug-likeness (QED) is 0.796. The Hall–Kier alpha value is -2.30. The number of para-hydroxylation sites is 1. The number of aromatic nitrogens is 1. The summed E-state index contributed by atoms with van der Waals surface area (Å²) in [5.74, 6) is -1.04. The number of amides is 1. The molecule has 0 unspecified atom stereocenters. The van der Waals surface area contributed by atoms with Gasteiger partial charge in [-0.25, -0.2) is 0 Å². The smallest absolute Gasteiger partial charge is 0.311 e. The molecule has 3 N–H and O–H groups in total. The van der Waals surface area contributed by atoms with Crippen molar-refractivity contribution in [2.45, 2.75) is 19.8 Å². The molecule has 1 aliphatic carbocycles. The average Bonchev–Trinajstić information content (AvgIpc) is 3.13. The molecule has 20 heavy (non-hydrogen) atoms. The number of carboxylic acids is 1. The van der Waals surface area contributed by atoms with Crippen LogP contribution >= 0.6 is 0 Å². The highest BCUT2D eigenvalue weighted by Crippen LogP contribution is 2.45. The molecule has 5 nitrogen and oxygen atoms in total. The zero-order chi connectivity index (χ0) is 14.3. The monoisotopic (exact) mass is 272 g/mol. The summed E-state index contributed by atoms with van der Waals surface area (Å²) < 4.78 is 0. The van der Waals surface area contributed by atoms with Crippen LogP contribution in [-0.2, 0) is 4.79 Å². The van der Waals surface area contributed by atoms with Crippen molar-refractivity contribution in [2.24, 2.45) is 5.41 Å². The van der Waals surface area contributed by atoms with Gasteiger partial charge < -0.3 is 15.4 Å². The molecule has 0 saturated heterocycles. The van der Waals surface area contributed by atoms with Crippen LogP contribution < -0.4 is 5.32 Å². The lowest BCUT2D eigenvalue weighted by molar-refractivity contribution is -0.143. The second-order valence-corrected chi connectivity index (χ2v) is 5.44. The second-order valence-electron chi connectivity index (χ2n) is 5.44. The van der Waals surface area contributed by atoms with E-state index in [4.69, 9.17) is 5.11 Å². The molecule has 2 aromatic rings. The summed E-state index contributed by atoms with van der Waals surface area (Å²) in [6, 6.07) is 7.59. The van der Waals surface area contributed by atoms with E-state index >= 15 is 0 Å². The molecule has 1 aromatic heterocycles. The van der Waals surface area contributed by atoms with Gasteiger partial charge in [0.1, 0.15) is 0 Å². The number of aromatic amines is 1. The van der Waals surface area contributed by atoms with Gasteiger partial charge >= 0.3 is 5.97 Å². The first-order chi connectivity index (χ1) is 9.53. The van der Waals surface area contributed by atoms with Gasteiger partial charge in [-0.3, -0.25) is 9.59 Å². The van der Waals surface area contributed by atoms with Crippen LogP contribution in [0.4, 0.5) is 0 Å². The Kier molecular flexibility index (Phi) is 2.78. The Labute approximate surface area is 116 Å². The minimum Gasteiger partial charge on any atom is -0.481 e. The maximum absolute atomic E-state index is 12.3. The zero-order valence-electron chi connectivity index (χ0n) is 11.2. The number of benzene rings is 1. The molecule has 3 rings (SSSR count). The Morgan fingerprint density at radius 2 is 2.05 bits per heavy atom. The van der Waals surface area contributed by atoms with Crippen LogP contribution in [0.2, 0.25) is 0 Å². The van der Waals surface area contributed by atoms with E-state index in [0.717, 1.165) is 16.6 Å². The summed E-state index contributed by atoms with van der Waals surface area (Å²) in [4.78, 5) is 26.6. The minimum atomic E-state index is -0.826. The molecule has 0 spiro atoms. The highest BCUT2D eigenvalue weighted by molar-refractivity contribution is 6.08. The maximum Gasteiger partial charge on any atom is 0.311 e. The first-order valence-corrected chi connectivity index (χ1v) is 6.62. The van der Waals surface area contributed by atoms with Crippen LogP contribution in [0, 0.1) is 12.3 Å². The van der Waals surface area contributed by atoms with E-state index in [2.05, 4.69) is 10.3 Å². The van der Waals surface area contributed by atoms with Crippen molar-refractivity contribution in [1.29, 1.82) is 0 Å². The van der Waals surface area contributed by atoms with Crippen LogP contribution in [0.15, 0.2) is 24.3 Å². The van der Waals surface area contributed by atoms with Gasteiger partial charge in [0.25, 0.3) is 5.91 Å². The third-order valence-electron chi connectivity index (χ3n) is 4.02. The third kappa shape index (κ3) is 1.95. The number of carbonyl (C=O) groups excluding carboxylic acids is 1. The summed E-state index contributed by atoms with van der Waals surface area (Å²) in [7, 11) is 0. The fourth-order valence-electron chi connectivity index (χ4n) is 2.52. The molecule has 1 aromatic carbocycles. The fraction of sp³-hybridized carbons (Fsp3) is 0.333. The van der Waals surface area contributed by atoms with Gasteiger partial charge in [0.15, 0.2) is 0 Å². The average molecular weight is 272 g/mol. The first-order valence-electron chi connectivity index (χ1n) is 6.62. The number of rotatable bonds is 4. The van der Waals surface area contributed by atoms with Crippen LogP contribution in [0.3, 0.4) is 0 Å². The highest BCUT2D eigenvalue weighted by atomic mass is 16.4. The number of hydrogen-bond donors (Lipinski definition) is 3. The van der Waals surface area contributed by atoms with Crippen LogP contribution in [0.1, 0.15) is 28.9 Å². The number of H-pyrrole nitrogens is 1. The predicted molar refractivity (Wildman–Crippen MR) is 74.7 cm³/mol. The van der Waals surface area contributed by atoms with Crippen molar-refractivity contribution >= 4 is 22.8 Å². The SMILES string of the molecule is Cc1[nH]c2ccccc2c1C(=O)NCC1(C(=O)O)CC1. The third-order valence-corrected chi connectivity index (χ3v) is 4.02. The lowest BCUT2D eigenvalue weighted by Crippen LogP contribution is -2.34. The molecule has 1 fully saturated rings. The highest BCUT2D eigenvalue weighted by Gasteiger charge is 2.50. The predicted octanol–water partition coefficient (Wildman–Crippen LogP) is 2.07. The summed E-state index contributed by atoms with van der Waals surface area (Å²) >= 11 is 0. The molecular formula is C15H16N2O3. The largest absolute Gasteiger partial charge is 0.481 e. The number of aryl methyl sites for hydroxylation is 1. The Morgan fingerprint density at radius 1 is 1.35 bits per heavy atom. The topological polar surface area (TPSA) is 82.2 Å². The zero-order valence-corrected chi connectivity index (χ0v) is 11.2. The minimum absolute atomic E-state index is 0.195. The molecule has 5 heteroatoms. The van der Waals surface area contributed by atoms with Gasteiger partial charge in [-0.15, -0.1) is 0 Å². The van der Waals surface area contributed by atoms with Crippen molar-refractivity contribution in [3.63, 3.8) is 0 Å². The molecule has 104 valence electrons. The molecule has 1 amide bonds. The van der Waals surface area contributed by atoms with Crippen molar-refractivity contribution < 1.29 is 14.7 Å². The summed E-state index contributed by atoms with van der Waals surface area (Å²) in [5.41, 5.74) is 1.57. The van der Waals surface area contributed by atoms with Crippen molar-refractivity contribution in [3.05, 3.63) is 35.5 Å². The molecular weight excluding hydrogens is 256 g/mol. The summed E-state index contributed by atoms with van der Waals surface area (Å²) in [5, 5.41) is 12.7. The van der Waals surface area contributed by atoms with Gasteiger partial charge in [-0.2, -0.15) is 0 Å². The van der Waals surface area contributed by atoms with E-state index < -0.39 is 11.4 Å². The lowest BCUT2D eigenvalue weighted by atomic mass is 10.1. The number of hydrogen-bond acceptors (Lipinski definition) is 2. The standard InChI is InChI=1S/C15H16N2O3/c1-9-12(10-4-2-3-5-11(10)17-9)13(18)16-8-15(6-7-15)14(19)20/h2-5,17H,6-8H2,1H3,(H,16,18)(H,19,20). The van der Waals surface area contributed by atoms with Gasteiger partial charge in [0, 0.05) is 23.1 Å². The van der Waals surface area contributed by atoms with E-state index in [1.165, 1.54) is 0 Å². The molecule has 0 aliphatic heterocycles. The Morgan fingerprint density at radius 3 is 2.70 bits per heavy atom. The number of carboxylic acid groups (broad SMARTS) is 1. The molecule has 0 atom stereocenters. The maximum atomic E-state index is 12.3. The van der Waals surface area contributed by atoms with Gasteiger partial charge in [-0.05, 0) is 25.8 Å². The van der Waals surface area contributed by atoms with E-state index in [1.54, 1.807) is 0 Å². The van der Waals surface area contributed by atoms with Crippen LogP contribution in [0.5, 0.6) is 0 Å². The molecule has 0 bridgehead atoms. The van der Waals surface area contributed by atoms with Crippen molar-refractivity contribution in [1.82, 2.24) is 10.3 Å². The summed E-state index contributed by atoms with van der Waals surface area (Å²) in [6.07, 6.45) is 1.27.